The first-order valence-electron chi connectivity index (χ1n) is 6.56. The molecule has 0 saturated carbocycles. The molecule has 0 bridgehead atoms. The standard InChI is InChI=1S/C17H12Cl2N2O2/c1-23-16-5-3-2-4-15(16)21-17(22)12(10-20)8-11-6-7-13(18)14(19)9-11/h2-9H,1H3,(H,21,22)/b12-8+. The fraction of sp³-hybridized carbons (Fsp3) is 0.0588. The number of nitrogens with one attached hydrogen (secondary N) is 1. The van der Waals surface area contributed by atoms with E-state index < -0.39 is 5.91 Å². The monoisotopic (exact) mass is 346 g/mol. The van der Waals surface area contributed by atoms with E-state index in [2.05, 4.69) is 5.32 Å². The first kappa shape index (κ1) is 16.9. The topological polar surface area (TPSA) is 62.1 Å². The first-order chi connectivity index (χ1) is 11.0. The van der Waals surface area contributed by atoms with E-state index >= 15 is 0 Å². The van der Waals surface area contributed by atoms with Crippen molar-refractivity contribution in [1.29, 1.82) is 5.26 Å². The molecule has 0 aliphatic rings. The molecule has 4 nitrogen and oxygen atoms in total. The Kier molecular flexibility index (Phi) is 5.64. The van der Waals surface area contributed by atoms with E-state index in [-0.39, 0.29) is 5.57 Å². The van der Waals surface area contributed by atoms with Crippen LogP contribution >= 0.6 is 23.2 Å². The van der Waals surface area contributed by atoms with E-state index in [1.54, 1.807) is 42.5 Å². The summed E-state index contributed by atoms with van der Waals surface area (Å²) in [6, 6.07) is 13.7. The summed E-state index contributed by atoms with van der Waals surface area (Å²) in [6.45, 7) is 0. The van der Waals surface area contributed by atoms with Crippen LogP contribution in [-0.4, -0.2) is 13.0 Å². The number of anilines is 1. The highest BCUT2D eigenvalue weighted by molar-refractivity contribution is 6.42. The van der Waals surface area contributed by atoms with Crippen molar-refractivity contribution in [2.45, 2.75) is 0 Å². The summed E-state index contributed by atoms with van der Waals surface area (Å²) in [5.41, 5.74) is 1.02. The van der Waals surface area contributed by atoms with Crippen LogP contribution in [0.15, 0.2) is 48.0 Å². The number of carbonyl (C=O) groups excluding carboxylic acids is 1. The van der Waals surface area contributed by atoms with E-state index in [4.69, 9.17) is 27.9 Å². The number of nitrogens with zero attached hydrogens (tertiary/aromatic N) is 1. The van der Waals surface area contributed by atoms with Crippen LogP contribution in [0.25, 0.3) is 6.08 Å². The fourth-order valence-corrected chi connectivity index (χ4v) is 2.16. The number of ether oxygens (including phenoxy) is 1. The highest BCUT2D eigenvalue weighted by atomic mass is 35.5. The highest BCUT2D eigenvalue weighted by Crippen LogP contribution is 2.25. The minimum Gasteiger partial charge on any atom is -0.495 e. The predicted molar refractivity (Wildman–Crippen MR) is 91.7 cm³/mol. The Morgan fingerprint density at radius 2 is 1.96 bits per heavy atom. The summed E-state index contributed by atoms with van der Waals surface area (Å²) < 4.78 is 5.16. The molecule has 0 spiro atoms. The third-order valence-corrected chi connectivity index (χ3v) is 3.71. The molecule has 0 unspecified atom stereocenters. The average molecular weight is 347 g/mol. The van der Waals surface area contributed by atoms with Gasteiger partial charge >= 0.3 is 0 Å². The summed E-state index contributed by atoms with van der Waals surface area (Å²) in [6.07, 6.45) is 1.44. The lowest BCUT2D eigenvalue weighted by molar-refractivity contribution is -0.112. The number of methoxy groups -OCH3 is 1. The molecule has 6 heteroatoms. The predicted octanol–water partition coefficient (Wildman–Crippen LogP) is 4.55. The Hall–Kier alpha value is -2.48. The molecule has 0 saturated heterocycles. The summed E-state index contributed by atoms with van der Waals surface area (Å²) in [7, 11) is 1.50. The Bertz CT molecular complexity index is 810. The minimum atomic E-state index is -0.539. The molecule has 0 atom stereocenters. The van der Waals surface area contributed by atoms with Crippen LogP contribution in [-0.2, 0) is 4.79 Å². The van der Waals surface area contributed by atoms with Crippen molar-refractivity contribution in [2.24, 2.45) is 0 Å². The van der Waals surface area contributed by atoms with Crippen molar-refractivity contribution < 1.29 is 9.53 Å². The number of rotatable bonds is 4. The van der Waals surface area contributed by atoms with Gasteiger partial charge in [0.25, 0.3) is 5.91 Å². The van der Waals surface area contributed by atoms with Crippen molar-refractivity contribution in [1.82, 2.24) is 0 Å². The molecule has 116 valence electrons. The second-order valence-corrected chi connectivity index (χ2v) is 5.31. The Labute approximate surface area is 143 Å². The lowest BCUT2D eigenvalue weighted by Crippen LogP contribution is -2.14. The second-order valence-electron chi connectivity index (χ2n) is 4.50. The number of amides is 1. The second kappa shape index (κ2) is 7.68. The normalized spacial score (nSPS) is 10.8. The number of nitriles is 1. The van der Waals surface area contributed by atoms with Crippen LogP contribution in [0.4, 0.5) is 5.69 Å². The van der Waals surface area contributed by atoms with E-state index in [0.717, 1.165) is 0 Å². The number of carbonyl (C=O) groups is 1. The number of para-hydroxylation sites is 2. The Morgan fingerprint density at radius 1 is 1.22 bits per heavy atom. The lowest BCUT2D eigenvalue weighted by Gasteiger charge is -2.09. The van der Waals surface area contributed by atoms with Gasteiger partial charge in [0.15, 0.2) is 0 Å². The maximum Gasteiger partial charge on any atom is 0.266 e. The SMILES string of the molecule is COc1ccccc1NC(=O)/C(C#N)=C/c1ccc(Cl)c(Cl)c1. The highest BCUT2D eigenvalue weighted by Gasteiger charge is 2.12. The molecule has 0 fully saturated rings. The van der Waals surface area contributed by atoms with Gasteiger partial charge in [0.1, 0.15) is 17.4 Å². The molecule has 0 heterocycles. The fourth-order valence-electron chi connectivity index (χ4n) is 1.85. The van der Waals surface area contributed by atoms with Gasteiger partial charge in [0.05, 0.1) is 22.8 Å². The van der Waals surface area contributed by atoms with Gasteiger partial charge in [0, 0.05) is 0 Å². The quantitative estimate of drug-likeness (QED) is 0.652. The van der Waals surface area contributed by atoms with Crippen molar-refractivity contribution >= 4 is 40.9 Å². The van der Waals surface area contributed by atoms with Crippen molar-refractivity contribution in [3.05, 3.63) is 63.6 Å². The number of benzene rings is 2. The van der Waals surface area contributed by atoms with Gasteiger partial charge in [-0.05, 0) is 35.9 Å². The van der Waals surface area contributed by atoms with Gasteiger partial charge in [-0.3, -0.25) is 4.79 Å². The molecule has 2 aromatic carbocycles. The van der Waals surface area contributed by atoms with Crippen molar-refractivity contribution in [3.8, 4) is 11.8 Å². The molecule has 0 aromatic heterocycles. The minimum absolute atomic E-state index is 0.0608. The van der Waals surface area contributed by atoms with Crippen LogP contribution in [0, 0.1) is 11.3 Å². The molecule has 2 aromatic rings. The van der Waals surface area contributed by atoms with E-state index in [1.807, 2.05) is 6.07 Å². The van der Waals surface area contributed by atoms with Crippen LogP contribution < -0.4 is 10.1 Å². The molecular weight excluding hydrogens is 335 g/mol. The maximum absolute atomic E-state index is 12.3. The zero-order valence-electron chi connectivity index (χ0n) is 12.1. The molecule has 0 aliphatic heterocycles. The Balaban J connectivity index is 2.26. The zero-order valence-corrected chi connectivity index (χ0v) is 13.7. The number of hydrogen-bond donors (Lipinski definition) is 1. The van der Waals surface area contributed by atoms with Crippen LogP contribution in [0.1, 0.15) is 5.56 Å². The van der Waals surface area contributed by atoms with Gasteiger partial charge in [-0.2, -0.15) is 5.26 Å². The van der Waals surface area contributed by atoms with Crippen molar-refractivity contribution in [3.63, 3.8) is 0 Å². The molecule has 2 rings (SSSR count). The third-order valence-electron chi connectivity index (χ3n) is 2.97. The molecule has 1 amide bonds. The molecule has 0 radical (unpaired) electrons. The van der Waals surface area contributed by atoms with Gasteiger partial charge in [-0.1, -0.05) is 41.4 Å². The zero-order chi connectivity index (χ0) is 16.8. The molecule has 0 aliphatic carbocycles. The summed E-state index contributed by atoms with van der Waals surface area (Å²) >= 11 is 11.8. The van der Waals surface area contributed by atoms with Crippen molar-refractivity contribution in [2.75, 3.05) is 12.4 Å². The number of hydrogen-bond acceptors (Lipinski definition) is 3. The Morgan fingerprint density at radius 3 is 2.61 bits per heavy atom. The largest absolute Gasteiger partial charge is 0.495 e. The van der Waals surface area contributed by atoms with Crippen LogP contribution in [0.3, 0.4) is 0 Å². The first-order valence-corrected chi connectivity index (χ1v) is 7.32. The summed E-state index contributed by atoms with van der Waals surface area (Å²) in [5.74, 6) is -0.0317. The molecule has 23 heavy (non-hydrogen) atoms. The van der Waals surface area contributed by atoms with E-state index in [1.165, 1.54) is 13.2 Å². The van der Waals surface area contributed by atoms with Crippen LogP contribution in [0.5, 0.6) is 5.75 Å². The van der Waals surface area contributed by atoms with E-state index in [0.29, 0.717) is 27.0 Å². The molecule has 1 N–H and O–H groups in total. The maximum atomic E-state index is 12.3. The van der Waals surface area contributed by atoms with E-state index in [9.17, 15) is 10.1 Å². The average Bonchev–Trinajstić information content (AvgIpc) is 2.56. The van der Waals surface area contributed by atoms with Crippen LogP contribution in [0.2, 0.25) is 10.0 Å². The van der Waals surface area contributed by atoms with Gasteiger partial charge in [0.2, 0.25) is 0 Å². The lowest BCUT2D eigenvalue weighted by atomic mass is 10.1. The molecular formula is C17H12Cl2N2O2. The summed E-state index contributed by atoms with van der Waals surface area (Å²) in [4.78, 5) is 12.3. The van der Waals surface area contributed by atoms with Gasteiger partial charge in [-0.15, -0.1) is 0 Å². The summed E-state index contributed by atoms with van der Waals surface area (Å²) in [5, 5.41) is 12.6. The smallest absolute Gasteiger partial charge is 0.266 e. The van der Waals surface area contributed by atoms with Gasteiger partial charge in [-0.25, -0.2) is 0 Å². The van der Waals surface area contributed by atoms with Gasteiger partial charge < -0.3 is 10.1 Å². The number of halogens is 2. The third kappa shape index (κ3) is 4.26.